The molecule has 3 aromatic rings. The van der Waals surface area contributed by atoms with Crippen LogP contribution in [-0.2, 0) is 6.42 Å². The van der Waals surface area contributed by atoms with E-state index in [0.29, 0.717) is 35.9 Å². The molecule has 0 saturated heterocycles. The molecule has 6 nitrogen and oxygen atoms in total. The molecule has 0 atom stereocenters. The van der Waals surface area contributed by atoms with Gasteiger partial charge >= 0.3 is 0 Å². The molecule has 1 N–H and O–H groups in total. The highest BCUT2D eigenvalue weighted by atomic mass is 35.5. The first kappa shape index (κ1) is 19.1. The van der Waals surface area contributed by atoms with Gasteiger partial charge in [-0.3, -0.25) is 9.78 Å². The van der Waals surface area contributed by atoms with Crippen molar-refractivity contribution in [1.82, 2.24) is 20.1 Å². The average Bonchev–Trinajstić information content (AvgIpc) is 3.22. The molecule has 0 spiro atoms. The van der Waals surface area contributed by atoms with Gasteiger partial charge in [-0.1, -0.05) is 11.6 Å². The Hall–Kier alpha value is -2.70. The summed E-state index contributed by atoms with van der Waals surface area (Å²) in [7, 11) is 1.84. The first-order valence-electron chi connectivity index (χ1n) is 8.63. The molecule has 2 heterocycles. The van der Waals surface area contributed by atoms with Crippen molar-refractivity contribution in [3.8, 4) is 11.4 Å². The highest BCUT2D eigenvalue weighted by Gasteiger charge is 2.16. The van der Waals surface area contributed by atoms with Crippen LogP contribution in [0.3, 0.4) is 0 Å². The summed E-state index contributed by atoms with van der Waals surface area (Å²) in [5, 5.41) is 7.66. The zero-order valence-electron chi connectivity index (χ0n) is 15.3. The van der Waals surface area contributed by atoms with Crippen molar-refractivity contribution in [2.75, 3.05) is 20.2 Å². The molecule has 2 aromatic heterocycles. The van der Waals surface area contributed by atoms with Crippen LogP contribution < -0.4 is 10.1 Å². The summed E-state index contributed by atoms with van der Waals surface area (Å²) in [5.41, 5.74) is 4.05. The summed E-state index contributed by atoms with van der Waals surface area (Å²) < 4.78 is 7.44. The van der Waals surface area contributed by atoms with Crippen LogP contribution in [-0.4, -0.2) is 41.2 Å². The minimum absolute atomic E-state index is 0.435. The normalized spacial score (nSPS) is 10.8. The molecule has 140 valence electrons. The van der Waals surface area contributed by atoms with Gasteiger partial charge in [0.05, 0.1) is 22.5 Å². The molecule has 1 aromatic carbocycles. The number of aromatic nitrogens is 3. The van der Waals surface area contributed by atoms with Crippen LogP contribution in [0, 0.1) is 6.92 Å². The maximum atomic E-state index is 11.5. The summed E-state index contributed by atoms with van der Waals surface area (Å²) in [6.07, 6.45) is 6.71. The maximum absolute atomic E-state index is 11.5. The lowest BCUT2D eigenvalue weighted by atomic mass is 9.99. The summed E-state index contributed by atoms with van der Waals surface area (Å²) in [4.78, 5) is 16.0. The summed E-state index contributed by atoms with van der Waals surface area (Å²) in [5.74, 6) is 0.435. The van der Waals surface area contributed by atoms with Gasteiger partial charge in [0.1, 0.15) is 12.4 Å². The summed E-state index contributed by atoms with van der Waals surface area (Å²) >= 11 is 6.48. The zero-order chi connectivity index (χ0) is 19.2. The fourth-order valence-corrected chi connectivity index (χ4v) is 3.03. The number of ether oxygens (including phenoxy) is 1. The van der Waals surface area contributed by atoms with Crippen LogP contribution in [0.15, 0.2) is 42.9 Å². The number of pyridine rings is 1. The minimum Gasteiger partial charge on any atom is -0.490 e. The second-order valence-corrected chi connectivity index (χ2v) is 6.48. The Morgan fingerprint density at radius 2 is 2.22 bits per heavy atom. The number of carbonyl (C=O) groups excluding carboxylic acids is 1. The number of benzene rings is 1. The van der Waals surface area contributed by atoms with E-state index in [-0.39, 0.29) is 0 Å². The molecule has 0 amide bonds. The molecule has 27 heavy (non-hydrogen) atoms. The Bertz CT molecular complexity index is 909. The van der Waals surface area contributed by atoms with Crippen LogP contribution in [0.4, 0.5) is 0 Å². The number of halogens is 1. The van der Waals surface area contributed by atoms with Crippen LogP contribution in [0.25, 0.3) is 5.69 Å². The minimum atomic E-state index is 0.435. The third-order valence-electron chi connectivity index (χ3n) is 4.28. The zero-order valence-corrected chi connectivity index (χ0v) is 16.0. The monoisotopic (exact) mass is 384 g/mol. The number of aldehydes is 1. The van der Waals surface area contributed by atoms with E-state index in [4.69, 9.17) is 16.3 Å². The Morgan fingerprint density at radius 3 is 2.85 bits per heavy atom. The number of hydrogen-bond acceptors (Lipinski definition) is 5. The molecule has 0 aliphatic rings. The fraction of sp³-hybridized carbons (Fsp3) is 0.250. The van der Waals surface area contributed by atoms with Crippen molar-refractivity contribution < 1.29 is 9.53 Å². The third kappa shape index (κ3) is 4.35. The van der Waals surface area contributed by atoms with E-state index in [2.05, 4.69) is 15.4 Å². The molecule has 7 heteroatoms. The Balaban J connectivity index is 1.84. The van der Waals surface area contributed by atoms with Crippen molar-refractivity contribution in [1.29, 1.82) is 0 Å². The predicted octanol–water partition coefficient (Wildman–Crippen LogP) is 3.23. The van der Waals surface area contributed by atoms with E-state index < -0.39 is 0 Å². The van der Waals surface area contributed by atoms with Crippen LogP contribution in [0.5, 0.6) is 5.75 Å². The first-order chi connectivity index (χ1) is 13.1. The predicted molar refractivity (Wildman–Crippen MR) is 105 cm³/mol. The fourth-order valence-electron chi connectivity index (χ4n) is 2.75. The van der Waals surface area contributed by atoms with Gasteiger partial charge in [0.25, 0.3) is 0 Å². The van der Waals surface area contributed by atoms with E-state index in [0.717, 1.165) is 28.8 Å². The largest absolute Gasteiger partial charge is 0.490 e. The van der Waals surface area contributed by atoms with E-state index in [1.54, 1.807) is 17.1 Å². The Morgan fingerprint density at radius 1 is 1.37 bits per heavy atom. The van der Waals surface area contributed by atoms with Crippen LogP contribution >= 0.6 is 11.6 Å². The third-order valence-corrected chi connectivity index (χ3v) is 4.73. The number of likely N-dealkylation sites (N-methyl/N-ethyl adjacent to an activating group) is 1. The Labute approximate surface area is 163 Å². The van der Waals surface area contributed by atoms with Crippen molar-refractivity contribution >= 4 is 17.9 Å². The van der Waals surface area contributed by atoms with Crippen molar-refractivity contribution in [3.05, 3.63) is 70.3 Å². The van der Waals surface area contributed by atoms with E-state index >= 15 is 0 Å². The van der Waals surface area contributed by atoms with Gasteiger partial charge in [-0.15, -0.1) is 0 Å². The van der Waals surface area contributed by atoms with Gasteiger partial charge in [0.2, 0.25) is 0 Å². The van der Waals surface area contributed by atoms with E-state index in [1.807, 2.05) is 44.4 Å². The van der Waals surface area contributed by atoms with Crippen molar-refractivity contribution in [2.45, 2.75) is 13.3 Å². The number of nitrogens with zero attached hydrogens (tertiary/aromatic N) is 3. The van der Waals surface area contributed by atoms with Gasteiger partial charge in [0, 0.05) is 31.1 Å². The number of nitrogens with one attached hydrogen (secondary N) is 1. The number of carbonyl (C=O) groups is 1. The topological polar surface area (TPSA) is 69.0 Å². The number of rotatable bonds is 8. The van der Waals surface area contributed by atoms with Gasteiger partial charge in [-0.25, -0.2) is 4.68 Å². The van der Waals surface area contributed by atoms with E-state index in [9.17, 15) is 4.79 Å². The number of hydrogen-bond donors (Lipinski definition) is 1. The van der Waals surface area contributed by atoms with Crippen molar-refractivity contribution in [3.63, 3.8) is 0 Å². The molecular formula is C20H21ClN4O2. The first-order valence-corrected chi connectivity index (χ1v) is 9.01. The Kier molecular flexibility index (Phi) is 6.21. The second kappa shape index (κ2) is 8.79. The summed E-state index contributed by atoms with van der Waals surface area (Å²) in [6.45, 7) is 3.03. The molecule has 0 aliphatic heterocycles. The smallest absolute Gasteiger partial charge is 0.153 e. The lowest BCUT2D eigenvalue weighted by molar-refractivity contribution is 0.111. The average molecular weight is 385 g/mol. The quantitative estimate of drug-likeness (QED) is 0.477. The van der Waals surface area contributed by atoms with Gasteiger partial charge in [-0.05, 0) is 49.4 Å². The molecule has 0 aliphatic carbocycles. The van der Waals surface area contributed by atoms with Crippen molar-refractivity contribution in [2.24, 2.45) is 0 Å². The lowest BCUT2D eigenvalue weighted by Gasteiger charge is -2.15. The van der Waals surface area contributed by atoms with Crippen LogP contribution in [0.2, 0.25) is 5.02 Å². The summed E-state index contributed by atoms with van der Waals surface area (Å²) in [6, 6.07) is 7.59. The SMILES string of the molecule is CNCCOc1c(C=O)cc(Cc2ccc(-n3cccn3)cn2)c(C)c1Cl. The maximum Gasteiger partial charge on any atom is 0.153 e. The standard InChI is InChI=1S/C20H21ClN4O2/c1-14-15(10-16(13-26)20(19(14)21)27-9-7-22-2)11-17-4-5-18(12-23-17)25-8-3-6-24-25/h3-6,8,10,12-13,22H,7,9,11H2,1-2H3. The van der Waals surface area contributed by atoms with E-state index in [1.165, 1.54) is 0 Å². The molecule has 0 unspecified atom stereocenters. The van der Waals surface area contributed by atoms with Crippen LogP contribution in [0.1, 0.15) is 27.2 Å². The van der Waals surface area contributed by atoms with Gasteiger partial charge in [0.15, 0.2) is 6.29 Å². The molecule has 3 rings (SSSR count). The molecule has 0 bridgehead atoms. The molecular weight excluding hydrogens is 364 g/mol. The second-order valence-electron chi connectivity index (χ2n) is 6.10. The van der Waals surface area contributed by atoms with Gasteiger partial charge < -0.3 is 10.1 Å². The lowest BCUT2D eigenvalue weighted by Crippen LogP contribution is -2.17. The molecule has 0 saturated carbocycles. The highest BCUT2D eigenvalue weighted by Crippen LogP contribution is 2.34. The highest BCUT2D eigenvalue weighted by molar-refractivity contribution is 6.33. The molecule has 0 radical (unpaired) electrons. The molecule has 0 fully saturated rings. The van der Waals surface area contributed by atoms with Gasteiger partial charge in [-0.2, -0.15) is 5.10 Å².